The van der Waals surface area contributed by atoms with Gasteiger partial charge in [-0.1, -0.05) is 103 Å². The molecule has 2 aromatic carbocycles. The summed E-state index contributed by atoms with van der Waals surface area (Å²) < 4.78 is 0. The Balaban J connectivity index is 2.22. The van der Waals surface area contributed by atoms with Gasteiger partial charge in [0.25, 0.3) is 0 Å². The maximum Gasteiger partial charge on any atom is 0.0167 e. The lowest BCUT2D eigenvalue weighted by atomic mass is 9.78. The van der Waals surface area contributed by atoms with E-state index in [9.17, 15) is 0 Å². The van der Waals surface area contributed by atoms with Crippen LogP contribution in [0.2, 0.25) is 0 Å². The fraction of sp³-hybridized carbons (Fsp3) is 0.423. The van der Waals surface area contributed by atoms with Gasteiger partial charge in [-0.3, -0.25) is 0 Å². The van der Waals surface area contributed by atoms with Crippen molar-refractivity contribution < 1.29 is 0 Å². The van der Waals surface area contributed by atoms with Crippen molar-refractivity contribution in [2.75, 3.05) is 0 Å². The van der Waals surface area contributed by atoms with E-state index in [0.717, 1.165) is 0 Å². The monoisotopic (exact) mass is 345 g/mol. The molecule has 0 atom stereocenters. The van der Waals surface area contributed by atoms with Crippen LogP contribution in [0.5, 0.6) is 0 Å². The van der Waals surface area contributed by atoms with Gasteiger partial charge in [-0.2, -0.15) is 0 Å². The summed E-state index contributed by atoms with van der Waals surface area (Å²) in [5.41, 5.74) is 9.94. The molecule has 26 heavy (non-hydrogen) atoms. The zero-order valence-corrected chi connectivity index (χ0v) is 17.7. The molecule has 0 aromatic heterocycles. The topological polar surface area (TPSA) is 0 Å². The molecule has 0 unspecified atom stereocenters. The lowest BCUT2D eigenvalue weighted by Crippen LogP contribution is -2.16. The fourth-order valence-corrected chi connectivity index (χ4v) is 3.49. The summed E-state index contributed by atoms with van der Waals surface area (Å²) in [6.45, 7) is 18.4. The van der Waals surface area contributed by atoms with E-state index in [-0.39, 0.29) is 10.8 Å². The van der Waals surface area contributed by atoms with Crippen LogP contribution in [-0.2, 0) is 10.8 Å². The van der Waals surface area contributed by atoms with E-state index >= 15 is 0 Å². The highest BCUT2D eigenvalue weighted by molar-refractivity contribution is 5.84. The number of hydrogen-bond donors (Lipinski definition) is 0. The molecule has 0 bridgehead atoms. The van der Waals surface area contributed by atoms with Crippen LogP contribution in [0.1, 0.15) is 77.6 Å². The maximum atomic E-state index is 2.40. The van der Waals surface area contributed by atoms with Gasteiger partial charge < -0.3 is 0 Å². The molecule has 0 spiro atoms. The maximum absolute atomic E-state index is 2.40. The summed E-state index contributed by atoms with van der Waals surface area (Å²) in [5.74, 6) is 0.557. The van der Waals surface area contributed by atoms with Crippen molar-refractivity contribution in [1.82, 2.24) is 0 Å². The van der Waals surface area contributed by atoms with Crippen LogP contribution in [0.15, 0.2) is 42.0 Å². The second-order valence-corrected chi connectivity index (χ2v) is 10.1. The zero-order valence-electron chi connectivity index (χ0n) is 17.7. The molecule has 0 saturated carbocycles. The lowest BCUT2D eigenvalue weighted by molar-refractivity contribution is 0.569. The number of fused-ring (bicyclic) bond motifs is 1. The van der Waals surface area contributed by atoms with Crippen LogP contribution in [0, 0.1) is 12.3 Å². The Morgan fingerprint density at radius 3 is 1.85 bits per heavy atom. The van der Waals surface area contributed by atoms with E-state index in [1.54, 1.807) is 0 Å². The van der Waals surface area contributed by atoms with Crippen LogP contribution in [-0.4, -0.2) is 0 Å². The first-order valence-electron chi connectivity index (χ1n) is 9.82. The third-order valence-corrected chi connectivity index (χ3v) is 5.42. The second-order valence-electron chi connectivity index (χ2n) is 10.1. The summed E-state index contributed by atoms with van der Waals surface area (Å²) in [4.78, 5) is 0. The molecule has 1 radical (unpaired) electrons. The minimum Gasteiger partial charge on any atom is -0.0613 e. The molecule has 0 saturated heterocycles. The van der Waals surface area contributed by atoms with Crippen molar-refractivity contribution in [3.8, 4) is 11.1 Å². The van der Waals surface area contributed by atoms with Crippen molar-refractivity contribution in [2.45, 2.75) is 66.2 Å². The molecule has 2 aromatic rings. The third-order valence-electron chi connectivity index (χ3n) is 5.42. The largest absolute Gasteiger partial charge is 0.0613 e. The van der Waals surface area contributed by atoms with Crippen molar-refractivity contribution >= 4 is 6.08 Å². The molecule has 0 fully saturated rings. The number of benzene rings is 2. The highest BCUT2D eigenvalue weighted by Crippen LogP contribution is 2.40. The smallest absolute Gasteiger partial charge is 0.0167 e. The Bertz CT molecular complexity index is 816. The Hall–Kier alpha value is -1.82. The predicted molar refractivity (Wildman–Crippen MR) is 115 cm³/mol. The summed E-state index contributed by atoms with van der Waals surface area (Å²) in [6, 6.07) is 13.9. The molecular weight excluding hydrogens is 312 g/mol. The Labute approximate surface area is 160 Å². The van der Waals surface area contributed by atoms with Crippen molar-refractivity contribution in [2.24, 2.45) is 5.92 Å². The molecule has 0 nitrogen and oxygen atoms in total. The summed E-state index contributed by atoms with van der Waals surface area (Å²) >= 11 is 0. The first-order valence-corrected chi connectivity index (χ1v) is 9.82. The SMILES string of the molecule is CC(C)C1=Cc2c(cccc2-c2cc(C(C)(C)C)cc(C(C)(C)C)c2)[CH]1. The summed E-state index contributed by atoms with van der Waals surface area (Å²) in [6.07, 6.45) is 4.73. The van der Waals surface area contributed by atoms with E-state index < -0.39 is 0 Å². The first-order chi connectivity index (χ1) is 12.0. The molecule has 0 amide bonds. The second kappa shape index (κ2) is 6.41. The molecule has 0 N–H and O–H groups in total. The Morgan fingerprint density at radius 2 is 1.35 bits per heavy atom. The fourth-order valence-electron chi connectivity index (χ4n) is 3.49. The minimum atomic E-state index is 0.138. The Morgan fingerprint density at radius 1 is 0.769 bits per heavy atom. The third kappa shape index (κ3) is 3.65. The Kier molecular flexibility index (Phi) is 4.67. The van der Waals surface area contributed by atoms with Crippen LogP contribution in [0.3, 0.4) is 0 Å². The van der Waals surface area contributed by atoms with Gasteiger partial charge in [0.1, 0.15) is 0 Å². The molecule has 1 aliphatic rings. The van der Waals surface area contributed by atoms with Crippen molar-refractivity contribution in [1.29, 1.82) is 0 Å². The van der Waals surface area contributed by atoms with Crippen LogP contribution >= 0.6 is 0 Å². The minimum absolute atomic E-state index is 0.138. The number of allylic oxidation sites excluding steroid dienone is 1. The molecule has 1 aliphatic carbocycles. The lowest BCUT2D eigenvalue weighted by Gasteiger charge is -2.26. The van der Waals surface area contributed by atoms with Gasteiger partial charge >= 0.3 is 0 Å². The summed E-state index contributed by atoms with van der Waals surface area (Å²) in [5, 5.41) is 0. The van der Waals surface area contributed by atoms with E-state index in [0.29, 0.717) is 5.92 Å². The van der Waals surface area contributed by atoms with Crippen LogP contribution < -0.4 is 0 Å². The van der Waals surface area contributed by atoms with E-state index in [1.165, 1.54) is 39.0 Å². The van der Waals surface area contributed by atoms with Crippen molar-refractivity contribution in [3.63, 3.8) is 0 Å². The molecule has 3 rings (SSSR count). The van der Waals surface area contributed by atoms with E-state index in [1.807, 2.05) is 0 Å². The molecule has 0 heterocycles. The average molecular weight is 346 g/mol. The van der Waals surface area contributed by atoms with Gasteiger partial charge in [0.05, 0.1) is 0 Å². The van der Waals surface area contributed by atoms with Crippen molar-refractivity contribution in [3.05, 3.63) is 70.6 Å². The molecule has 0 aliphatic heterocycles. The number of hydrogen-bond acceptors (Lipinski definition) is 0. The van der Waals surface area contributed by atoms with Crippen LogP contribution in [0.4, 0.5) is 0 Å². The quantitative estimate of drug-likeness (QED) is 0.527. The van der Waals surface area contributed by atoms with Gasteiger partial charge in [-0.25, -0.2) is 0 Å². The summed E-state index contributed by atoms with van der Waals surface area (Å²) in [7, 11) is 0. The van der Waals surface area contributed by atoms with Gasteiger partial charge in [0, 0.05) is 6.42 Å². The molecular formula is C26H33. The molecule has 0 heteroatoms. The van der Waals surface area contributed by atoms with Gasteiger partial charge in [-0.05, 0) is 50.1 Å². The van der Waals surface area contributed by atoms with Gasteiger partial charge in [-0.15, -0.1) is 0 Å². The van der Waals surface area contributed by atoms with Crippen LogP contribution in [0.25, 0.3) is 17.2 Å². The van der Waals surface area contributed by atoms with E-state index in [2.05, 4.69) is 104 Å². The van der Waals surface area contributed by atoms with Gasteiger partial charge in [0.2, 0.25) is 0 Å². The zero-order chi connectivity index (χ0) is 19.3. The predicted octanol–water partition coefficient (Wildman–Crippen LogP) is 7.55. The highest BCUT2D eigenvalue weighted by atomic mass is 14.3. The normalized spacial score (nSPS) is 14.6. The number of rotatable bonds is 2. The average Bonchev–Trinajstić information content (AvgIpc) is 2.97. The van der Waals surface area contributed by atoms with Gasteiger partial charge in [0.15, 0.2) is 0 Å². The molecule has 137 valence electrons. The van der Waals surface area contributed by atoms with E-state index in [4.69, 9.17) is 0 Å². The highest BCUT2D eigenvalue weighted by Gasteiger charge is 2.23. The first kappa shape index (κ1) is 19.0. The standard InChI is InChI=1S/C26H33/c1-17(2)19-12-18-10-9-11-23(24(18)15-19)20-13-21(25(3,4)5)16-22(14-20)26(6,7)8/h9-17H,1-8H3.